The molecule has 0 unspecified atom stereocenters. The zero-order valence-electron chi connectivity index (χ0n) is 9.46. The van der Waals surface area contributed by atoms with E-state index in [9.17, 15) is 4.79 Å². The van der Waals surface area contributed by atoms with Crippen molar-refractivity contribution in [2.45, 2.75) is 27.2 Å². The molecule has 0 aliphatic carbocycles. The second-order valence-electron chi connectivity index (χ2n) is 4.65. The molecular weight excluding hydrogens is 178 g/mol. The Kier molecular flexibility index (Phi) is 3.19. The summed E-state index contributed by atoms with van der Waals surface area (Å²) >= 11 is 0. The molecule has 0 aromatic heterocycles. The lowest BCUT2D eigenvalue weighted by atomic mass is 9.83. The third-order valence-electron chi connectivity index (χ3n) is 2.61. The van der Waals surface area contributed by atoms with Crippen molar-refractivity contribution >= 4 is 6.09 Å². The van der Waals surface area contributed by atoms with Crippen molar-refractivity contribution in [3.63, 3.8) is 0 Å². The molecule has 14 heavy (non-hydrogen) atoms. The lowest BCUT2D eigenvalue weighted by molar-refractivity contribution is 0.125. The predicted molar refractivity (Wildman–Crippen MR) is 56.1 cm³/mol. The fraction of sp³-hybridized carbons (Fsp3) is 0.727. The number of hydrogen-bond acceptors (Lipinski definition) is 2. The molecule has 1 rings (SSSR count). The van der Waals surface area contributed by atoms with Crippen molar-refractivity contribution in [1.82, 2.24) is 4.90 Å². The fourth-order valence-corrected chi connectivity index (χ4v) is 1.65. The minimum absolute atomic E-state index is 0.224. The van der Waals surface area contributed by atoms with Crippen molar-refractivity contribution in [2.24, 2.45) is 5.41 Å². The molecule has 0 aromatic carbocycles. The van der Waals surface area contributed by atoms with Gasteiger partial charge in [0.15, 0.2) is 0 Å². The molecule has 1 aliphatic heterocycles. The summed E-state index contributed by atoms with van der Waals surface area (Å²) in [5.41, 5.74) is 1.65. The average Bonchev–Trinajstić information content (AvgIpc) is 2.15. The van der Waals surface area contributed by atoms with E-state index in [0.717, 1.165) is 13.0 Å². The first kappa shape index (κ1) is 11.1. The van der Waals surface area contributed by atoms with Gasteiger partial charge in [0.25, 0.3) is 0 Å². The molecule has 80 valence electrons. The normalized spacial score (nSPS) is 17.7. The van der Waals surface area contributed by atoms with Crippen LogP contribution in [0.5, 0.6) is 0 Å². The molecule has 0 radical (unpaired) electrons. The molecule has 0 aromatic rings. The standard InChI is InChI=1S/C11H19NO2/c1-11(2,3)9-5-7-12(8-6-9)10(13)14-4/h5H,6-8H2,1-4H3. The van der Waals surface area contributed by atoms with Gasteiger partial charge >= 0.3 is 6.09 Å². The smallest absolute Gasteiger partial charge is 0.409 e. The van der Waals surface area contributed by atoms with E-state index in [1.54, 1.807) is 4.90 Å². The van der Waals surface area contributed by atoms with Crippen molar-refractivity contribution in [3.8, 4) is 0 Å². The Hall–Kier alpha value is -0.990. The van der Waals surface area contributed by atoms with Crippen LogP contribution in [0.3, 0.4) is 0 Å². The van der Waals surface area contributed by atoms with E-state index >= 15 is 0 Å². The molecule has 1 amide bonds. The maximum Gasteiger partial charge on any atom is 0.409 e. The minimum atomic E-state index is -0.228. The van der Waals surface area contributed by atoms with Crippen LogP contribution in [-0.4, -0.2) is 31.2 Å². The zero-order chi connectivity index (χ0) is 10.8. The highest BCUT2D eigenvalue weighted by Crippen LogP contribution is 2.29. The van der Waals surface area contributed by atoms with E-state index in [1.807, 2.05) is 0 Å². The van der Waals surface area contributed by atoms with Gasteiger partial charge in [-0.05, 0) is 11.8 Å². The summed E-state index contributed by atoms with van der Waals surface area (Å²) in [6, 6.07) is 0. The summed E-state index contributed by atoms with van der Waals surface area (Å²) in [7, 11) is 1.42. The third kappa shape index (κ3) is 2.50. The lowest BCUT2D eigenvalue weighted by Gasteiger charge is -2.31. The number of nitrogens with zero attached hydrogens (tertiary/aromatic N) is 1. The Morgan fingerprint density at radius 1 is 1.50 bits per heavy atom. The summed E-state index contributed by atoms with van der Waals surface area (Å²) in [6.07, 6.45) is 2.87. The van der Waals surface area contributed by atoms with Gasteiger partial charge in [-0.2, -0.15) is 0 Å². The van der Waals surface area contributed by atoms with Crippen LogP contribution in [0.25, 0.3) is 0 Å². The minimum Gasteiger partial charge on any atom is -0.453 e. The first-order valence-electron chi connectivity index (χ1n) is 4.97. The van der Waals surface area contributed by atoms with Crippen LogP contribution in [0.4, 0.5) is 4.79 Å². The molecule has 0 bridgehead atoms. The predicted octanol–water partition coefficient (Wildman–Crippen LogP) is 2.43. The first-order valence-corrected chi connectivity index (χ1v) is 4.97. The van der Waals surface area contributed by atoms with Crippen LogP contribution in [0.2, 0.25) is 0 Å². The van der Waals surface area contributed by atoms with Crippen molar-refractivity contribution < 1.29 is 9.53 Å². The lowest BCUT2D eigenvalue weighted by Crippen LogP contribution is -2.36. The molecule has 0 N–H and O–H groups in total. The van der Waals surface area contributed by atoms with E-state index in [-0.39, 0.29) is 11.5 Å². The van der Waals surface area contributed by atoms with E-state index in [0.29, 0.717) is 6.54 Å². The van der Waals surface area contributed by atoms with Gasteiger partial charge in [0, 0.05) is 13.1 Å². The molecule has 0 atom stereocenters. The fourth-order valence-electron chi connectivity index (χ4n) is 1.65. The highest BCUT2D eigenvalue weighted by atomic mass is 16.5. The van der Waals surface area contributed by atoms with E-state index < -0.39 is 0 Å². The molecule has 3 heteroatoms. The number of hydrogen-bond donors (Lipinski definition) is 0. The molecule has 0 fully saturated rings. The summed E-state index contributed by atoms with van der Waals surface area (Å²) in [4.78, 5) is 12.9. The van der Waals surface area contributed by atoms with Gasteiger partial charge < -0.3 is 9.64 Å². The number of carbonyl (C=O) groups is 1. The first-order chi connectivity index (χ1) is 6.45. The van der Waals surface area contributed by atoms with Crippen LogP contribution < -0.4 is 0 Å². The monoisotopic (exact) mass is 197 g/mol. The van der Waals surface area contributed by atoms with E-state index in [4.69, 9.17) is 0 Å². The van der Waals surface area contributed by atoms with Crippen molar-refractivity contribution in [3.05, 3.63) is 11.6 Å². The van der Waals surface area contributed by atoms with Crippen LogP contribution >= 0.6 is 0 Å². The van der Waals surface area contributed by atoms with Gasteiger partial charge in [0.05, 0.1) is 7.11 Å². The number of amides is 1. The molecule has 0 saturated heterocycles. The van der Waals surface area contributed by atoms with E-state index in [2.05, 4.69) is 31.6 Å². The second kappa shape index (κ2) is 4.03. The Morgan fingerprint density at radius 3 is 2.50 bits per heavy atom. The summed E-state index contributed by atoms with van der Waals surface area (Å²) in [5.74, 6) is 0. The largest absolute Gasteiger partial charge is 0.453 e. The second-order valence-corrected chi connectivity index (χ2v) is 4.65. The summed E-state index contributed by atoms with van der Waals surface area (Å²) < 4.78 is 4.67. The van der Waals surface area contributed by atoms with Gasteiger partial charge in [0.1, 0.15) is 0 Å². The maximum absolute atomic E-state index is 11.2. The van der Waals surface area contributed by atoms with E-state index in [1.165, 1.54) is 12.7 Å². The highest BCUT2D eigenvalue weighted by molar-refractivity contribution is 5.67. The van der Waals surface area contributed by atoms with Crippen LogP contribution in [-0.2, 0) is 4.74 Å². The van der Waals surface area contributed by atoms with Crippen LogP contribution in [0.15, 0.2) is 11.6 Å². The number of carbonyl (C=O) groups excluding carboxylic acids is 1. The van der Waals surface area contributed by atoms with Crippen LogP contribution in [0, 0.1) is 5.41 Å². The Labute approximate surface area is 85.7 Å². The molecule has 3 nitrogen and oxygen atoms in total. The summed E-state index contributed by atoms with van der Waals surface area (Å²) in [6.45, 7) is 8.06. The highest BCUT2D eigenvalue weighted by Gasteiger charge is 2.23. The molecule has 1 heterocycles. The molecule has 0 saturated carbocycles. The zero-order valence-corrected chi connectivity index (χ0v) is 9.46. The van der Waals surface area contributed by atoms with Gasteiger partial charge in [-0.25, -0.2) is 4.79 Å². The molecule has 0 spiro atoms. The Morgan fingerprint density at radius 2 is 2.14 bits per heavy atom. The van der Waals surface area contributed by atoms with Gasteiger partial charge in [-0.3, -0.25) is 0 Å². The topological polar surface area (TPSA) is 29.5 Å². The quantitative estimate of drug-likeness (QED) is 0.558. The Balaban J connectivity index is 2.60. The number of ether oxygens (including phenoxy) is 1. The number of rotatable bonds is 0. The number of methoxy groups -OCH3 is 1. The van der Waals surface area contributed by atoms with Crippen LogP contribution in [0.1, 0.15) is 27.2 Å². The SMILES string of the molecule is COC(=O)N1CC=C(C(C)(C)C)CC1. The van der Waals surface area contributed by atoms with Gasteiger partial charge in [-0.15, -0.1) is 0 Å². The van der Waals surface area contributed by atoms with Crippen molar-refractivity contribution in [2.75, 3.05) is 20.2 Å². The average molecular weight is 197 g/mol. The van der Waals surface area contributed by atoms with Gasteiger partial charge in [-0.1, -0.05) is 32.4 Å². The Bertz CT molecular complexity index is 251. The molecule has 1 aliphatic rings. The van der Waals surface area contributed by atoms with Crippen molar-refractivity contribution in [1.29, 1.82) is 0 Å². The maximum atomic E-state index is 11.2. The molecular formula is C11H19NO2. The van der Waals surface area contributed by atoms with Gasteiger partial charge in [0.2, 0.25) is 0 Å². The summed E-state index contributed by atoms with van der Waals surface area (Å²) in [5, 5.41) is 0. The third-order valence-corrected chi connectivity index (χ3v) is 2.61.